The molecule has 0 fully saturated rings. The van der Waals surface area contributed by atoms with Crippen LogP contribution in [0.2, 0.25) is 0 Å². The summed E-state index contributed by atoms with van der Waals surface area (Å²) in [4.78, 5) is 17.2. The topological polar surface area (TPSA) is 68.2 Å². The number of aryl methyl sites for hydroxylation is 2. The van der Waals surface area contributed by atoms with Crippen molar-refractivity contribution in [2.45, 2.75) is 31.8 Å². The molecule has 2 amide bonds. The third kappa shape index (κ3) is 5.38. The Kier molecular flexibility index (Phi) is 6.89. The van der Waals surface area contributed by atoms with Crippen molar-refractivity contribution in [2.24, 2.45) is 7.05 Å². The molecule has 0 saturated heterocycles. The first kappa shape index (κ1) is 20.5. The lowest BCUT2D eigenvalue weighted by Gasteiger charge is -2.23. The molecule has 0 saturated carbocycles. The monoisotopic (exact) mass is 392 g/mol. The highest BCUT2D eigenvalue weighted by Gasteiger charge is 2.24. The first-order chi connectivity index (χ1) is 14.1. The zero-order valence-corrected chi connectivity index (χ0v) is 17.1. The summed E-state index contributed by atoms with van der Waals surface area (Å²) in [6, 6.07) is 17.3. The summed E-state index contributed by atoms with van der Waals surface area (Å²) < 4.78 is 7.40. The van der Waals surface area contributed by atoms with Crippen LogP contribution in [0, 0.1) is 0 Å². The van der Waals surface area contributed by atoms with Gasteiger partial charge >= 0.3 is 6.03 Å². The lowest BCUT2D eigenvalue weighted by Crippen LogP contribution is -2.43. The van der Waals surface area contributed by atoms with Crippen molar-refractivity contribution in [3.05, 3.63) is 83.9 Å². The maximum absolute atomic E-state index is 12.8. The van der Waals surface area contributed by atoms with E-state index in [0.717, 1.165) is 24.2 Å². The van der Waals surface area contributed by atoms with Crippen LogP contribution >= 0.6 is 0 Å². The Morgan fingerprint density at radius 1 is 1.10 bits per heavy atom. The van der Waals surface area contributed by atoms with E-state index in [0.29, 0.717) is 5.75 Å². The highest BCUT2D eigenvalue weighted by atomic mass is 16.5. The number of carbonyl (C=O) groups is 1. The van der Waals surface area contributed by atoms with E-state index in [-0.39, 0.29) is 12.1 Å². The number of para-hydroxylation sites is 1. The highest BCUT2D eigenvalue weighted by molar-refractivity contribution is 5.75. The number of methoxy groups -OCH3 is 1. The molecule has 0 radical (unpaired) electrons. The van der Waals surface area contributed by atoms with E-state index in [1.54, 1.807) is 13.3 Å². The van der Waals surface area contributed by atoms with Crippen LogP contribution in [0.25, 0.3) is 0 Å². The van der Waals surface area contributed by atoms with Crippen LogP contribution < -0.4 is 15.4 Å². The number of rotatable bonds is 8. The van der Waals surface area contributed by atoms with Crippen LogP contribution in [-0.2, 0) is 13.5 Å². The van der Waals surface area contributed by atoms with Gasteiger partial charge in [-0.3, -0.25) is 0 Å². The van der Waals surface area contributed by atoms with Gasteiger partial charge in [-0.2, -0.15) is 0 Å². The first-order valence-corrected chi connectivity index (χ1v) is 9.79. The molecular weight excluding hydrogens is 364 g/mol. The molecule has 152 valence electrons. The third-order valence-corrected chi connectivity index (χ3v) is 4.93. The van der Waals surface area contributed by atoms with Gasteiger partial charge < -0.3 is 19.9 Å². The van der Waals surface area contributed by atoms with Gasteiger partial charge in [0.1, 0.15) is 17.6 Å². The summed E-state index contributed by atoms with van der Waals surface area (Å²) >= 11 is 0. The average Bonchev–Trinajstić information content (AvgIpc) is 3.17. The average molecular weight is 393 g/mol. The maximum atomic E-state index is 12.8. The molecule has 3 rings (SSSR count). The smallest absolute Gasteiger partial charge is 0.315 e. The van der Waals surface area contributed by atoms with Gasteiger partial charge in [0.05, 0.1) is 7.11 Å². The predicted octanol–water partition coefficient (Wildman–Crippen LogP) is 3.84. The molecule has 2 N–H and O–H groups in total. The minimum atomic E-state index is -0.424. The molecule has 29 heavy (non-hydrogen) atoms. The summed E-state index contributed by atoms with van der Waals surface area (Å²) in [7, 11) is 3.53. The summed E-state index contributed by atoms with van der Waals surface area (Å²) in [6.07, 6.45) is 5.36. The number of ether oxygens (including phenoxy) is 1. The van der Waals surface area contributed by atoms with Gasteiger partial charge in [0.2, 0.25) is 0 Å². The lowest BCUT2D eigenvalue weighted by molar-refractivity contribution is 0.234. The van der Waals surface area contributed by atoms with E-state index in [9.17, 15) is 4.79 Å². The molecule has 0 aliphatic carbocycles. The largest absolute Gasteiger partial charge is 0.496 e. The van der Waals surface area contributed by atoms with Gasteiger partial charge in [-0.15, -0.1) is 0 Å². The number of imidazole rings is 1. The zero-order valence-electron chi connectivity index (χ0n) is 17.1. The Morgan fingerprint density at radius 3 is 2.52 bits per heavy atom. The molecular formula is C23H28N4O2. The number of benzene rings is 2. The highest BCUT2D eigenvalue weighted by Crippen LogP contribution is 2.28. The first-order valence-electron chi connectivity index (χ1n) is 9.79. The van der Waals surface area contributed by atoms with E-state index in [1.165, 1.54) is 5.56 Å². The van der Waals surface area contributed by atoms with E-state index < -0.39 is 6.04 Å². The standard InChI is InChI=1S/C23H28N4O2/c1-17(13-14-18-9-5-4-6-10-18)25-23(28)26-21(22-24-15-16-27(22)2)19-11-7-8-12-20(19)29-3/h4-12,15-17,21H,13-14H2,1-3H3,(H2,25,26,28)/t17-,21-/m1/s1. The molecule has 1 heterocycles. The van der Waals surface area contributed by atoms with Crippen molar-refractivity contribution >= 4 is 6.03 Å². The molecule has 2 atom stereocenters. The Bertz CT molecular complexity index is 923. The molecule has 0 aliphatic rings. The van der Waals surface area contributed by atoms with Gasteiger partial charge in [0.15, 0.2) is 0 Å². The summed E-state index contributed by atoms with van der Waals surface area (Å²) in [5, 5.41) is 6.11. The van der Waals surface area contributed by atoms with Crippen molar-refractivity contribution in [3.8, 4) is 5.75 Å². The Morgan fingerprint density at radius 2 is 1.83 bits per heavy atom. The molecule has 0 bridgehead atoms. The minimum absolute atomic E-state index is 0.0369. The van der Waals surface area contributed by atoms with E-state index >= 15 is 0 Å². The quantitative estimate of drug-likeness (QED) is 0.612. The zero-order chi connectivity index (χ0) is 20.6. The Labute approximate surface area is 171 Å². The van der Waals surface area contributed by atoms with Gasteiger partial charge in [-0.1, -0.05) is 48.5 Å². The third-order valence-electron chi connectivity index (χ3n) is 4.93. The fourth-order valence-corrected chi connectivity index (χ4v) is 3.34. The van der Waals surface area contributed by atoms with Crippen LogP contribution in [0.5, 0.6) is 5.75 Å². The van der Waals surface area contributed by atoms with E-state index in [1.807, 2.05) is 67.2 Å². The van der Waals surface area contributed by atoms with Crippen LogP contribution in [0.4, 0.5) is 4.79 Å². The second-order valence-corrected chi connectivity index (χ2v) is 7.11. The van der Waals surface area contributed by atoms with Gasteiger partial charge in [-0.05, 0) is 31.4 Å². The molecule has 2 aromatic carbocycles. The van der Waals surface area contributed by atoms with Crippen molar-refractivity contribution in [2.75, 3.05) is 7.11 Å². The van der Waals surface area contributed by atoms with Crippen molar-refractivity contribution in [1.29, 1.82) is 0 Å². The van der Waals surface area contributed by atoms with Crippen molar-refractivity contribution < 1.29 is 9.53 Å². The minimum Gasteiger partial charge on any atom is -0.496 e. The fraction of sp³-hybridized carbons (Fsp3) is 0.304. The van der Waals surface area contributed by atoms with Crippen LogP contribution in [0.1, 0.15) is 36.3 Å². The second-order valence-electron chi connectivity index (χ2n) is 7.11. The Hall–Kier alpha value is -3.28. The number of amides is 2. The molecule has 0 spiro atoms. The lowest BCUT2D eigenvalue weighted by atomic mass is 10.0. The Balaban J connectivity index is 1.69. The van der Waals surface area contributed by atoms with Gasteiger partial charge in [0, 0.05) is 31.0 Å². The molecule has 3 aromatic rings. The van der Waals surface area contributed by atoms with Crippen LogP contribution in [0.15, 0.2) is 67.0 Å². The van der Waals surface area contributed by atoms with E-state index in [2.05, 4.69) is 27.8 Å². The molecule has 6 heteroatoms. The molecule has 6 nitrogen and oxygen atoms in total. The summed E-state index contributed by atoms with van der Waals surface area (Å²) in [6.45, 7) is 2.02. The summed E-state index contributed by atoms with van der Waals surface area (Å²) in [5.41, 5.74) is 2.12. The number of hydrogen-bond donors (Lipinski definition) is 2. The normalized spacial score (nSPS) is 12.8. The van der Waals surface area contributed by atoms with Gasteiger partial charge in [-0.25, -0.2) is 9.78 Å². The number of nitrogens with one attached hydrogen (secondary N) is 2. The number of carbonyl (C=O) groups excluding carboxylic acids is 1. The van der Waals surface area contributed by atoms with Crippen LogP contribution in [-0.4, -0.2) is 28.7 Å². The number of aromatic nitrogens is 2. The molecule has 0 unspecified atom stereocenters. The number of nitrogens with zero attached hydrogens (tertiary/aromatic N) is 2. The van der Waals surface area contributed by atoms with Crippen molar-refractivity contribution in [3.63, 3.8) is 0 Å². The number of hydrogen-bond acceptors (Lipinski definition) is 3. The van der Waals surface area contributed by atoms with Crippen molar-refractivity contribution in [1.82, 2.24) is 20.2 Å². The fourth-order valence-electron chi connectivity index (χ4n) is 3.34. The summed E-state index contributed by atoms with van der Waals surface area (Å²) in [5.74, 6) is 1.44. The van der Waals surface area contributed by atoms with Crippen LogP contribution in [0.3, 0.4) is 0 Å². The second kappa shape index (κ2) is 9.78. The SMILES string of the molecule is COc1ccccc1[C@@H](NC(=O)N[C@H](C)CCc1ccccc1)c1nccn1C. The maximum Gasteiger partial charge on any atom is 0.315 e. The predicted molar refractivity (Wildman–Crippen MR) is 114 cm³/mol. The number of urea groups is 1. The molecule has 1 aromatic heterocycles. The van der Waals surface area contributed by atoms with E-state index in [4.69, 9.17) is 4.74 Å². The molecule has 0 aliphatic heterocycles. The van der Waals surface area contributed by atoms with Gasteiger partial charge in [0.25, 0.3) is 0 Å².